The van der Waals surface area contributed by atoms with Gasteiger partial charge < -0.3 is 4.90 Å². The first kappa shape index (κ1) is 17.0. The van der Waals surface area contributed by atoms with E-state index >= 15 is 0 Å². The first-order valence-electron chi connectivity index (χ1n) is 8.70. The van der Waals surface area contributed by atoms with Crippen molar-refractivity contribution in [3.63, 3.8) is 0 Å². The number of hydrogen-bond acceptors (Lipinski definition) is 3. The van der Waals surface area contributed by atoms with Crippen LogP contribution >= 0.6 is 0 Å². The Morgan fingerprint density at radius 1 is 1.27 bits per heavy atom. The van der Waals surface area contributed by atoms with E-state index in [4.69, 9.17) is 0 Å². The Labute approximate surface area is 134 Å². The zero-order valence-corrected chi connectivity index (χ0v) is 14.5. The zero-order valence-electron chi connectivity index (χ0n) is 14.5. The van der Waals surface area contributed by atoms with Crippen molar-refractivity contribution in [2.45, 2.75) is 72.4 Å². The van der Waals surface area contributed by atoms with E-state index in [0.29, 0.717) is 23.6 Å². The SMILES string of the molecule is CC(C)CCn1cc(C(=O)N2CCCCCC2C(C)C)nn1. The summed E-state index contributed by atoms with van der Waals surface area (Å²) in [7, 11) is 0. The number of hydrogen-bond donors (Lipinski definition) is 0. The van der Waals surface area contributed by atoms with E-state index in [1.807, 2.05) is 11.1 Å². The third-order valence-electron chi connectivity index (χ3n) is 4.52. The summed E-state index contributed by atoms with van der Waals surface area (Å²) in [5, 5.41) is 8.23. The molecule has 1 atom stereocenters. The predicted molar refractivity (Wildman–Crippen MR) is 87.6 cm³/mol. The van der Waals surface area contributed by atoms with Gasteiger partial charge in [0, 0.05) is 19.1 Å². The van der Waals surface area contributed by atoms with Crippen molar-refractivity contribution >= 4 is 5.91 Å². The molecule has 5 nitrogen and oxygen atoms in total. The molecule has 124 valence electrons. The molecule has 0 spiro atoms. The zero-order chi connectivity index (χ0) is 16.1. The molecule has 1 aliphatic heterocycles. The van der Waals surface area contributed by atoms with Crippen LogP contribution in [-0.4, -0.2) is 38.4 Å². The van der Waals surface area contributed by atoms with E-state index in [1.54, 1.807) is 4.68 Å². The van der Waals surface area contributed by atoms with Crippen molar-refractivity contribution in [2.75, 3.05) is 6.54 Å². The molecule has 22 heavy (non-hydrogen) atoms. The summed E-state index contributed by atoms with van der Waals surface area (Å²) in [4.78, 5) is 14.9. The number of rotatable bonds is 5. The van der Waals surface area contributed by atoms with E-state index in [2.05, 4.69) is 38.0 Å². The second kappa shape index (κ2) is 7.75. The fourth-order valence-corrected chi connectivity index (χ4v) is 3.12. The van der Waals surface area contributed by atoms with Crippen LogP contribution in [0.25, 0.3) is 0 Å². The van der Waals surface area contributed by atoms with Gasteiger partial charge >= 0.3 is 0 Å². The maximum absolute atomic E-state index is 12.8. The van der Waals surface area contributed by atoms with Crippen molar-refractivity contribution in [1.82, 2.24) is 19.9 Å². The number of nitrogens with zero attached hydrogens (tertiary/aromatic N) is 4. The molecule has 0 N–H and O–H groups in total. The largest absolute Gasteiger partial charge is 0.334 e. The monoisotopic (exact) mass is 306 g/mol. The van der Waals surface area contributed by atoms with Crippen LogP contribution in [0.5, 0.6) is 0 Å². The Morgan fingerprint density at radius 3 is 2.73 bits per heavy atom. The van der Waals surface area contributed by atoms with Crippen LogP contribution in [0.1, 0.15) is 70.3 Å². The molecular weight excluding hydrogens is 276 g/mol. The molecular formula is C17H30N4O. The average molecular weight is 306 g/mol. The van der Waals surface area contributed by atoms with E-state index in [-0.39, 0.29) is 5.91 Å². The third-order valence-corrected chi connectivity index (χ3v) is 4.52. The molecule has 2 heterocycles. The Balaban J connectivity index is 2.08. The molecule has 0 radical (unpaired) electrons. The van der Waals surface area contributed by atoms with Crippen LogP contribution < -0.4 is 0 Å². The molecule has 1 saturated heterocycles. The minimum atomic E-state index is 0.0522. The number of likely N-dealkylation sites (tertiary alicyclic amines) is 1. The molecule has 0 aromatic carbocycles. The Bertz CT molecular complexity index is 481. The van der Waals surface area contributed by atoms with E-state index in [9.17, 15) is 4.79 Å². The van der Waals surface area contributed by atoms with Gasteiger partial charge in [-0.3, -0.25) is 9.48 Å². The highest BCUT2D eigenvalue weighted by Crippen LogP contribution is 2.24. The van der Waals surface area contributed by atoms with Crippen LogP contribution in [0.2, 0.25) is 0 Å². The molecule has 1 aliphatic rings. The highest BCUT2D eigenvalue weighted by atomic mass is 16.2. The smallest absolute Gasteiger partial charge is 0.276 e. The summed E-state index contributed by atoms with van der Waals surface area (Å²) in [5.74, 6) is 1.16. The minimum absolute atomic E-state index is 0.0522. The average Bonchev–Trinajstić information content (AvgIpc) is 2.80. The quantitative estimate of drug-likeness (QED) is 0.838. The van der Waals surface area contributed by atoms with Crippen LogP contribution in [0.3, 0.4) is 0 Å². The summed E-state index contributed by atoms with van der Waals surface area (Å²) in [6.45, 7) is 10.5. The normalized spacial score (nSPS) is 19.7. The van der Waals surface area contributed by atoms with E-state index < -0.39 is 0 Å². The maximum Gasteiger partial charge on any atom is 0.276 e. The lowest BCUT2D eigenvalue weighted by atomic mass is 9.98. The lowest BCUT2D eigenvalue weighted by molar-refractivity contribution is 0.0625. The Morgan fingerprint density at radius 2 is 2.05 bits per heavy atom. The highest BCUT2D eigenvalue weighted by molar-refractivity contribution is 5.92. The third kappa shape index (κ3) is 4.31. The summed E-state index contributed by atoms with van der Waals surface area (Å²) < 4.78 is 1.80. The van der Waals surface area contributed by atoms with Gasteiger partial charge in [-0.25, -0.2) is 0 Å². The van der Waals surface area contributed by atoms with E-state index in [0.717, 1.165) is 32.4 Å². The summed E-state index contributed by atoms with van der Waals surface area (Å²) in [6, 6.07) is 0.329. The number of aryl methyl sites for hydroxylation is 1. The van der Waals surface area contributed by atoms with Crippen LogP contribution in [-0.2, 0) is 6.54 Å². The predicted octanol–water partition coefficient (Wildman–Crippen LogP) is 3.37. The highest BCUT2D eigenvalue weighted by Gasteiger charge is 2.29. The fraction of sp³-hybridized carbons (Fsp3) is 0.824. The molecule has 1 aromatic heterocycles. The summed E-state index contributed by atoms with van der Waals surface area (Å²) in [6.07, 6.45) is 7.49. The molecule has 1 aromatic rings. The van der Waals surface area contributed by atoms with Gasteiger partial charge in [0.1, 0.15) is 0 Å². The topological polar surface area (TPSA) is 51.0 Å². The lowest BCUT2D eigenvalue weighted by Gasteiger charge is -2.32. The van der Waals surface area contributed by atoms with Crippen LogP contribution in [0, 0.1) is 11.8 Å². The maximum atomic E-state index is 12.8. The number of carbonyl (C=O) groups is 1. The van der Waals surface area contributed by atoms with Gasteiger partial charge in [-0.1, -0.05) is 45.7 Å². The van der Waals surface area contributed by atoms with Crippen molar-refractivity contribution in [2.24, 2.45) is 11.8 Å². The molecule has 0 aliphatic carbocycles. The van der Waals surface area contributed by atoms with Gasteiger partial charge in [0.2, 0.25) is 0 Å². The second-order valence-electron chi connectivity index (χ2n) is 7.21. The molecule has 0 bridgehead atoms. The first-order chi connectivity index (χ1) is 10.5. The number of carbonyl (C=O) groups excluding carboxylic acids is 1. The van der Waals surface area contributed by atoms with E-state index in [1.165, 1.54) is 12.8 Å². The van der Waals surface area contributed by atoms with Crippen molar-refractivity contribution in [3.05, 3.63) is 11.9 Å². The van der Waals surface area contributed by atoms with Crippen LogP contribution in [0.15, 0.2) is 6.20 Å². The standard InChI is InChI=1S/C17H30N4O/c1-13(2)9-11-20-12-15(18-19-20)17(22)21-10-7-5-6-8-16(21)14(3)4/h12-14,16H,5-11H2,1-4H3. The molecule has 2 rings (SSSR count). The summed E-state index contributed by atoms with van der Waals surface area (Å²) in [5.41, 5.74) is 0.497. The fourth-order valence-electron chi connectivity index (χ4n) is 3.12. The summed E-state index contributed by atoms with van der Waals surface area (Å²) >= 11 is 0. The molecule has 1 amide bonds. The van der Waals surface area contributed by atoms with Gasteiger partial charge in [-0.15, -0.1) is 5.10 Å². The molecule has 5 heteroatoms. The van der Waals surface area contributed by atoms with Crippen molar-refractivity contribution in [3.8, 4) is 0 Å². The Kier molecular flexibility index (Phi) is 5.98. The Hall–Kier alpha value is -1.39. The van der Waals surface area contributed by atoms with Gasteiger partial charge in [0.15, 0.2) is 5.69 Å². The van der Waals surface area contributed by atoms with Crippen LogP contribution in [0.4, 0.5) is 0 Å². The second-order valence-corrected chi connectivity index (χ2v) is 7.21. The molecule has 1 unspecified atom stereocenters. The number of amides is 1. The van der Waals surface area contributed by atoms with Crippen molar-refractivity contribution < 1.29 is 4.79 Å². The van der Waals surface area contributed by atoms with Crippen molar-refractivity contribution in [1.29, 1.82) is 0 Å². The molecule has 1 fully saturated rings. The molecule has 0 saturated carbocycles. The lowest BCUT2D eigenvalue weighted by Crippen LogP contribution is -2.43. The van der Waals surface area contributed by atoms with Gasteiger partial charge in [0.05, 0.1) is 6.20 Å². The van der Waals surface area contributed by atoms with Gasteiger partial charge in [0.25, 0.3) is 5.91 Å². The minimum Gasteiger partial charge on any atom is -0.334 e. The van der Waals surface area contributed by atoms with Gasteiger partial charge in [-0.2, -0.15) is 0 Å². The number of aromatic nitrogens is 3. The first-order valence-corrected chi connectivity index (χ1v) is 8.70. The van der Waals surface area contributed by atoms with Gasteiger partial charge in [-0.05, 0) is 31.1 Å².